The van der Waals surface area contributed by atoms with Crippen molar-refractivity contribution in [3.63, 3.8) is 0 Å². The van der Waals surface area contributed by atoms with Crippen LogP contribution in [0.2, 0.25) is 0 Å². The lowest BCUT2D eigenvalue weighted by molar-refractivity contribution is 0.135. The number of benzene rings is 1. The van der Waals surface area contributed by atoms with E-state index >= 15 is 0 Å². The first kappa shape index (κ1) is 16.5. The maximum atomic E-state index is 12.0. The van der Waals surface area contributed by atoms with Crippen LogP contribution in [-0.4, -0.2) is 31.3 Å². The van der Waals surface area contributed by atoms with Crippen molar-refractivity contribution in [3.8, 4) is 0 Å². The molecule has 0 unspecified atom stereocenters. The van der Waals surface area contributed by atoms with Gasteiger partial charge in [-0.2, -0.15) is 0 Å². The van der Waals surface area contributed by atoms with Crippen LogP contribution < -0.4 is 4.90 Å². The van der Waals surface area contributed by atoms with Crippen molar-refractivity contribution >= 4 is 28.9 Å². The molecular formula is C14H19Cl2F2N. The number of alkyl halides is 4. The molecule has 108 valence electrons. The Bertz CT molecular complexity index is 338. The third kappa shape index (κ3) is 6.44. The van der Waals surface area contributed by atoms with Crippen molar-refractivity contribution in [1.82, 2.24) is 0 Å². The molecule has 0 aliphatic rings. The lowest BCUT2D eigenvalue weighted by Crippen LogP contribution is -2.27. The topological polar surface area (TPSA) is 3.24 Å². The molecule has 0 aromatic heterocycles. The molecule has 0 aliphatic carbocycles. The van der Waals surface area contributed by atoms with E-state index in [0.29, 0.717) is 24.6 Å². The first-order valence-electron chi connectivity index (χ1n) is 6.41. The average molecular weight is 310 g/mol. The van der Waals surface area contributed by atoms with Crippen molar-refractivity contribution in [1.29, 1.82) is 0 Å². The largest absolute Gasteiger partial charge is 0.369 e. The van der Waals surface area contributed by atoms with Gasteiger partial charge in [-0.05, 0) is 30.5 Å². The van der Waals surface area contributed by atoms with Crippen molar-refractivity contribution < 1.29 is 8.78 Å². The van der Waals surface area contributed by atoms with E-state index in [1.807, 2.05) is 24.3 Å². The molecule has 1 rings (SSSR count). The Hall–Kier alpha value is -0.540. The van der Waals surface area contributed by atoms with Crippen LogP contribution in [0.3, 0.4) is 0 Å². The minimum absolute atomic E-state index is 0.0353. The summed E-state index contributed by atoms with van der Waals surface area (Å²) in [6.07, 6.45) is -1.03. The van der Waals surface area contributed by atoms with Crippen LogP contribution in [-0.2, 0) is 6.42 Å². The summed E-state index contributed by atoms with van der Waals surface area (Å²) in [7, 11) is 0. The molecule has 1 nitrogen and oxygen atoms in total. The van der Waals surface area contributed by atoms with Gasteiger partial charge < -0.3 is 4.90 Å². The van der Waals surface area contributed by atoms with E-state index in [2.05, 4.69) is 4.90 Å². The van der Waals surface area contributed by atoms with Crippen LogP contribution in [0.4, 0.5) is 14.5 Å². The summed E-state index contributed by atoms with van der Waals surface area (Å²) in [6, 6.07) is 7.96. The first-order valence-corrected chi connectivity index (χ1v) is 7.48. The Morgan fingerprint density at radius 3 is 2.05 bits per heavy atom. The van der Waals surface area contributed by atoms with E-state index < -0.39 is 6.43 Å². The monoisotopic (exact) mass is 309 g/mol. The van der Waals surface area contributed by atoms with Crippen molar-refractivity contribution in [2.24, 2.45) is 0 Å². The number of hydrogen-bond donors (Lipinski definition) is 0. The van der Waals surface area contributed by atoms with Gasteiger partial charge in [0.1, 0.15) is 0 Å². The second kappa shape index (κ2) is 9.38. The summed E-state index contributed by atoms with van der Waals surface area (Å²) in [5.74, 6) is 1.10. The fourth-order valence-electron chi connectivity index (χ4n) is 1.91. The number of rotatable bonds is 9. The Balaban J connectivity index is 2.53. The zero-order valence-corrected chi connectivity index (χ0v) is 12.3. The fraction of sp³-hybridized carbons (Fsp3) is 0.571. The van der Waals surface area contributed by atoms with Crippen LogP contribution in [0.5, 0.6) is 0 Å². The molecule has 0 aliphatic heterocycles. The lowest BCUT2D eigenvalue weighted by Gasteiger charge is -2.23. The molecule has 0 spiro atoms. The summed E-state index contributed by atoms with van der Waals surface area (Å²) in [4.78, 5) is 2.11. The van der Waals surface area contributed by atoms with Gasteiger partial charge in [-0.15, -0.1) is 23.2 Å². The summed E-state index contributed by atoms with van der Waals surface area (Å²) in [5.41, 5.74) is 2.15. The third-order valence-electron chi connectivity index (χ3n) is 2.90. The van der Waals surface area contributed by atoms with E-state index in [0.717, 1.165) is 24.3 Å². The van der Waals surface area contributed by atoms with Crippen LogP contribution in [0.15, 0.2) is 24.3 Å². The minimum atomic E-state index is -2.21. The van der Waals surface area contributed by atoms with Gasteiger partial charge in [-0.1, -0.05) is 12.1 Å². The van der Waals surface area contributed by atoms with Crippen LogP contribution in [0.1, 0.15) is 18.4 Å². The van der Waals surface area contributed by atoms with Crippen molar-refractivity contribution in [2.45, 2.75) is 25.7 Å². The van der Waals surface area contributed by atoms with Crippen molar-refractivity contribution in [2.75, 3.05) is 29.7 Å². The van der Waals surface area contributed by atoms with Gasteiger partial charge in [-0.25, -0.2) is 8.78 Å². The van der Waals surface area contributed by atoms with Gasteiger partial charge in [0.25, 0.3) is 0 Å². The maximum Gasteiger partial charge on any atom is 0.238 e. The Labute approximate surface area is 123 Å². The zero-order valence-electron chi connectivity index (χ0n) is 10.8. The molecule has 0 atom stereocenters. The summed E-state index contributed by atoms with van der Waals surface area (Å²) in [5, 5.41) is 0. The van der Waals surface area contributed by atoms with E-state index in [4.69, 9.17) is 23.2 Å². The average Bonchev–Trinajstić information content (AvgIpc) is 2.39. The number of aryl methyl sites for hydroxylation is 1. The van der Waals surface area contributed by atoms with Gasteiger partial charge in [0.15, 0.2) is 0 Å². The van der Waals surface area contributed by atoms with Crippen LogP contribution in [0.25, 0.3) is 0 Å². The van der Waals surface area contributed by atoms with E-state index in [1.165, 1.54) is 0 Å². The van der Waals surface area contributed by atoms with Gasteiger partial charge in [0.2, 0.25) is 6.43 Å². The second-order valence-electron chi connectivity index (χ2n) is 4.31. The Morgan fingerprint density at radius 1 is 1.00 bits per heavy atom. The van der Waals surface area contributed by atoms with Crippen molar-refractivity contribution in [3.05, 3.63) is 29.8 Å². The highest BCUT2D eigenvalue weighted by Gasteiger charge is 2.06. The zero-order chi connectivity index (χ0) is 14.1. The first-order chi connectivity index (χ1) is 9.17. The molecule has 5 heteroatoms. The minimum Gasteiger partial charge on any atom is -0.369 e. The number of anilines is 1. The quantitative estimate of drug-likeness (QED) is 0.604. The van der Waals surface area contributed by atoms with Crippen LogP contribution >= 0.6 is 23.2 Å². The summed E-state index contributed by atoms with van der Waals surface area (Å²) >= 11 is 11.5. The number of nitrogens with zero attached hydrogens (tertiary/aromatic N) is 1. The normalized spacial score (nSPS) is 11.0. The molecular weight excluding hydrogens is 291 g/mol. The molecule has 0 radical (unpaired) electrons. The highest BCUT2D eigenvalue weighted by atomic mass is 35.5. The van der Waals surface area contributed by atoms with Gasteiger partial charge in [-0.3, -0.25) is 0 Å². The predicted molar refractivity (Wildman–Crippen MR) is 79.0 cm³/mol. The smallest absolute Gasteiger partial charge is 0.238 e. The summed E-state index contributed by atoms with van der Waals surface area (Å²) < 4.78 is 24.1. The molecule has 0 fully saturated rings. The SMILES string of the molecule is FC(F)CCCc1ccc(N(CCCl)CCCl)cc1. The highest BCUT2D eigenvalue weighted by molar-refractivity contribution is 6.18. The van der Waals surface area contributed by atoms with E-state index in [9.17, 15) is 8.78 Å². The standard InChI is InChI=1S/C14H19Cl2F2N/c15-8-10-19(11-9-16)13-6-4-12(5-7-13)2-1-3-14(17)18/h4-7,14H,1-3,8-11H2. The van der Waals surface area contributed by atoms with Gasteiger partial charge >= 0.3 is 0 Å². The molecule has 1 aromatic carbocycles. The van der Waals surface area contributed by atoms with Gasteiger partial charge in [0.05, 0.1) is 0 Å². The molecule has 0 N–H and O–H groups in total. The molecule has 0 bridgehead atoms. The number of halogens is 4. The molecule has 0 saturated heterocycles. The molecule has 1 aromatic rings. The highest BCUT2D eigenvalue weighted by Crippen LogP contribution is 2.17. The third-order valence-corrected chi connectivity index (χ3v) is 3.24. The number of hydrogen-bond acceptors (Lipinski definition) is 1. The van der Waals surface area contributed by atoms with Gasteiger partial charge in [0, 0.05) is 37.0 Å². The maximum absolute atomic E-state index is 12.0. The van der Waals surface area contributed by atoms with E-state index in [1.54, 1.807) is 0 Å². The Kier molecular flexibility index (Phi) is 8.15. The molecule has 19 heavy (non-hydrogen) atoms. The molecule has 0 saturated carbocycles. The molecule has 0 amide bonds. The lowest BCUT2D eigenvalue weighted by atomic mass is 10.1. The summed E-state index contributed by atoms with van der Waals surface area (Å²) in [6.45, 7) is 1.50. The van der Waals surface area contributed by atoms with Crippen LogP contribution in [0, 0.1) is 0 Å². The fourth-order valence-corrected chi connectivity index (χ4v) is 2.32. The molecule has 0 heterocycles. The van der Waals surface area contributed by atoms with E-state index in [-0.39, 0.29) is 6.42 Å². The predicted octanol–water partition coefficient (Wildman–Crippen LogP) is 4.56. The Morgan fingerprint density at radius 2 is 1.58 bits per heavy atom. The second-order valence-corrected chi connectivity index (χ2v) is 5.07.